The van der Waals surface area contributed by atoms with E-state index in [0.717, 1.165) is 16.5 Å². The number of anilines is 1. The van der Waals surface area contributed by atoms with Gasteiger partial charge in [0.2, 0.25) is 0 Å². The summed E-state index contributed by atoms with van der Waals surface area (Å²) in [4.78, 5) is 28.0. The Morgan fingerprint density at radius 2 is 1.41 bits per heavy atom. The van der Waals surface area contributed by atoms with Crippen LogP contribution in [-0.4, -0.2) is 16.7 Å². The number of nitrogens with one attached hydrogen (secondary N) is 1. The van der Waals surface area contributed by atoms with Crippen molar-refractivity contribution in [2.24, 2.45) is 0 Å². The molecule has 1 aliphatic rings. The van der Waals surface area contributed by atoms with Crippen LogP contribution in [0.3, 0.4) is 0 Å². The van der Waals surface area contributed by atoms with Crippen LogP contribution in [-0.2, 0) is 16.1 Å². The molecule has 5 rings (SSSR count). The van der Waals surface area contributed by atoms with E-state index in [1.807, 2.05) is 72.8 Å². The van der Waals surface area contributed by atoms with Gasteiger partial charge in [-0.1, -0.05) is 78.9 Å². The van der Waals surface area contributed by atoms with Gasteiger partial charge in [-0.3, -0.25) is 14.5 Å². The topological polar surface area (TPSA) is 49.4 Å². The zero-order valence-electron chi connectivity index (χ0n) is 17.1. The average molecular weight is 422 g/mol. The van der Waals surface area contributed by atoms with Gasteiger partial charge in [0.15, 0.2) is 0 Å². The standard InChI is InChI=1S/C27H19FN2O2/c28-21-15-13-18(14-16-21)17-30-26(31)24(20-8-2-1-3-9-20)25(27(30)32)29-23-12-6-10-19-7-4-5-11-22(19)23/h1-16,29H,17H2. The molecular formula is C27H19FN2O2. The van der Waals surface area contributed by atoms with Crippen LogP contribution in [0.15, 0.2) is 103 Å². The Labute approximate surface area is 184 Å². The van der Waals surface area contributed by atoms with Crippen molar-refractivity contribution in [1.29, 1.82) is 0 Å². The minimum absolute atomic E-state index is 0.0645. The van der Waals surface area contributed by atoms with E-state index < -0.39 is 5.91 Å². The first kappa shape index (κ1) is 19.7. The number of hydrogen-bond donors (Lipinski definition) is 1. The molecule has 4 aromatic carbocycles. The maximum atomic E-state index is 13.4. The van der Waals surface area contributed by atoms with Crippen LogP contribution in [0, 0.1) is 5.82 Å². The summed E-state index contributed by atoms with van der Waals surface area (Å²) in [6, 6.07) is 28.6. The second-order valence-corrected chi connectivity index (χ2v) is 7.59. The van der Waals surface area contributed by atoms with Gasteiger partial charge >= 0.3 is 0 Å². The number of carbonyl (C=O) groups excluding carboxylic acids is 2. The molecule has 0 saturated carbocycles. The number of benzene rings is 4. The lowest BCUT2D eigenvalue weighted by molar-refractivity contribution is -0.137. The summed E-state index contributed by atoms with van der Waals surface area (Å²) >= 11 is 0. The number of carbonyl (C=O) groups is 2. The normalized spacial score (nSPS) is 13.8. The Kier molecular flexibility index (Phi) is 5.00. The van der Waals surface area contributed by atoms with Crippen molar-refractivity contribution in [3.05, 3.63) is 120 Å². The van der Waals surface area contributed by atoms with Crippen molar-refractivity contribution in [2.45, 2.75) is 6.54 Å². The van der Waals surface area contributed by atoms with Crippen molar-refractivity contribution >= 4 is 33.8 Å². The predicted octanol–water partition coefficient (Wildman–Crippen LogP) is 5.37. The second kappa shape index (κ2) is 8.12. The Balaban J connectivity index is 1.57. The zero-order valence-corrected chi connectivity index (χ0v) is 17.1. The minimum atomic E-state index is -0.411. The van der Waals surface area contributed by atoms with Crippen LogP contribution in [0.2, 0.25) is 0 Å². The number of nitrogens with zero attached hydrogens (tertiary/aromatic N) is 1. The Morgan fingerprint density at radius 1 is 0.719 bits per heavy atom. The molecule has 32 heavy (non-hydrogen) atoms. The Bertz CT molecular complexity index is 1360. The molecule has 156 valence electrons. The number of rotatable bonds is 5. The molecule has 2 amide bonds. The number of imide groups is 1. The lowest BCUT2D eigenvalue weighted by atomic mass is 10.0. The van der Waals surface area contributed by atoms with Gasteiger partial charge in [-0.05, 0) is 34.7 Å². The molecule has 1 heterocycles. The van der Waals surface area contributed by atoms with Gasteiger partial charge in [-0.2, -0.15) is 0 Å². The molecule has 0 spiro atoms. The van der Waals surface area contributed by atoms with E-state index in [9.17, 15) is 14.0 Å². The van der Waals surface area contributed by atoms with Crippen LogP contribution in [0.1, 0.15) is 11.1 Å². The molecule has 5 heteroatoms. The molecule has 0 bridgehead atoms. The summed E-state index contributed by atoms with van der Waals surface area (Å²) in [5.41, 5.74) is 2.64. The third-order valence-corrected chi connectivity index (χ3v) is 5.53. The molecule has 0 aromatic heterocycles. The molecule has 1 aliphatic heterocycles. The van der Waals surface area contributed by atoms with Crippen LogP contribution in [0.4, 0.5) is 10.1 Å². The number of fused-ring (bicyclic) bond motifs is 1. The molecule has 0 unspecified atom stereocenters. The highest BCUT2D eigenvalue weighted by atomic mass is 19.1. The van der Waals surface area contributed by atoms with Crippen molar-refractivity contribution < 1.29 is 14.0 Å². The predicted molar refractivity (Wildman–Crippen MR) is 123 cm³/mol. The number of halogens is 1. The van der Waals surface area contributed by atoms with Gasteiger partial charge in [0.1, 0.15) is 11.5 Å². The monoisotopic (exact) mass is 422 g/mol. The molecule has 0 fully saturated rings. The molecule has 0 atom stereocenters. The van der Waals surface area contributed by atoms with Crippen molar-refractivity contribution in [3.8, 4) is 0 Å². The summed E-state index contributed by atoms with van der Waals surface area (Å²) in [5, 5.41) is 5.22. The van der Waals surface area contributed by atoms with Gasteiger partial charge < -0.3 is 5.32 Å². The average Bonchev–Trinajstić information content (AvgIpc) is 3.05. The molecule has 0 aliphatic carbocycles. The number of amides is 2. The summed E-state index contributed by atoms with van der Waals surface area (Å²) in [7, 11) is 0. The van der Waals surface area contributed by atoms with Crippen LogP contribution in [0.25, 0.3) is 16.3 Å². The number of hydrogen-bond acceptors (Lipinski definition) is 3. The van der Waals surface area contributed by atoms with Crippen molar-refractivity contribution in [1.82, 2.24) is 4.90 Å². The summed E-state index contributed by atoms with van der Waals surface area (Å²) in [6.07, 6.45) is 0. The van der Waals surface area contributed by atoms with E-state index in [0.29, 0.717) is 16.7 Å². The largest absolute Gasteiger partial charge is 0.350 e. The maximum absolute atomic E-state index is 13.4. The summed E-state index contributed by atoms with van der Waals surface area (Å²) < 4.78 is 13.3. The molecule has 4 aromatic rings. The van der Waals surface area contributed by atoms with E-state index in [1.165, 1.54) is 17.0 Å². The van der Waals surface area contributed by atoms with E-state index in [1.54, 1.807) is 12.1 Å². The van der Waals surface area contributed by atoms with E-state index in [-0.39, 0.29) is 24.0 Å². The van der Waals surface area contributed by atoms with E-state index >= 15 is 0 Å². The molecular weight excluding hydrogens is 403 g/mol. The van der Waals surface area contributed by atoms with Crippen LogP contribution in [0.5, 0.6) is 0 Å². The van der Waals surface area contributed by atoms with Gasteiger partial charge in [-0.15, -0.1) is 0 Å². The molecule has 4 nitrogen and oxygen atoms in total. The first-order valence-electron chi connectivity index (χ1n) is 10.3. The highest BCUT2D eigenvalue weighted by molar-refractivity contribution is 6.36. The van der Waals surface area contributed by atoms with Crippen LogP contribution < -0.4 is 5.32 Å². The Morgan fingerprint density at radius 3 is 2.19 bits per heavy atom. The van der Waals surface area contributed by atoms with Gasteiger partial charge in [0.25, 0.3) is 11.8 Å². The fraction of sp³-hybridized carbons (Fsp3) is 0.0370. The third kappa shape index (κ3) is 3.54. The lowest BCUT2D eigenvalue weighted by Gasteiger charge is -2.16. The van der Waals surface area contributed by atoms with Gasteiger partial charge in [-0.25, -0.2) is 4.39 Å². The van der Waals surface area contributed by atoms with E-state index in [4.69, 9.17) is 0 Å². The first-order chi connectivity index (χ1) is 15.6. The summed E-state index contributed by atoms with van der Waals surface area (Å²) in [6.45, 7) is 0.0645. The first-order valence-corrected chi connectivity index (χ1v) is 10.3. The van der Waals surface area contributed by atoms with Crippen LogP contribution >= 0.6 is 0 Å². The lowest BCUT2D eigenvalue weighted by Crippen LogP contribution is -2.32. The van der Waals surface area contributed by atoms with Gasteiger partial charge in [0, 0.05) is 11.1 Å². The highest BCUT2D eigenvalue weighted by Gasteiger charge is 2.39. The van der Waals surface area contributed by atoms with Crippen molar-refractivity contribution in [3.63, 3.8) is 0 Å². The minimum Gasteiger partial charge on any atom is -0.350 e. The van der Waals surface area contributed by atoms with Crippen molar-refractivity contribution in [2.75, 3.05) is 5.32 Å². The van der Waals surface area contributed by atoms with E-state index in [2.05, 4.69) is 5.32 Å². The second-order valence-electron chi connectivity index (χ2n) is 7.59. The zero-order chi connectivity index (χ0) is 22.1. The fourth-order valence-electron chi connectivity index (χ4n) is 3.95. The molecule has 0 saturated heterocycles. The van der Waals surface area contributed by atoms with Gasteiger partial charge in [0.05, 0.1) is 12.1 Å². The molecule has 0 radical (unpaired) electrons. The third-order valence-electron chi connectivity index (χ3n) is 5.53. The fourth-order valence-corrected chi connectivity index (χ4v) is 3.95. The SMILES string of the molecule is O=C1C(Nc2cccc3ccccc23)=C(c2ccccc2)C(=O)N1Cc1ccc(F)cc1. The molecule has 1 N–H and O–H groups in total. The Hall–Kier alpha value is -4.25. The quantitative estimate of drug-likeness (QED) is 0.440. The maximum Gasteiger partial charge on any atom is 0.278 e. The highest BCUT2D eigenvalue weighted by Crippen LogP contribution is 2.33. The summed E-state index contributed by atoms with van der Waals surface area (Å²) in [5.74, 6) is -1.16. The smallest absolute Gasteiger partial charge is 0.278 e.